The number of anilines is 1. The molecule has 1 aromatic heterocycles. The lowest BCUT2D eigenvalue weighted by Gasteiger charge is -2.14. The van der Waals surface area contributed by atoms with Crippen LogP contribution < -0.4 is 10.9 Å². The lowest BCUT2D eigenvalue weighted by atomic mass is 10.1. The summed E-state index contributed by atoms with van der Waals surface area (Å²) in [6.07, 6.45) is 0.729. The van der Waals surface area contributed by atoms with Crippen molar-refractivity contribution in [3.05, 3.63) is 69.5 Å². The van der Waals surface area contributed by atoms with Gasteiger partial charge in [0.15, 0.2) is 0 Å². The van der Waals surface area contributed by atoms with Crippen LogP contribution in [0.25, 0.3) is 10.9 Å². The van der Waals surface area contributed by atoms with Crippen molar-refractivity contribution in [1.82, 2.24) is 4.57 Å². The van der Waals surface area contributed by atoms with Gasteiger partial charge in [0.1, 0.15) is 11.3 Å². The molecular weight excluding hydrogens is 340 g/mol. The van der Waals surface area contributed by atoms with E-state index < -0.39 is 11.5 Å². The van der Waals surface area contributed by atoms with Crippen molar-refractivity contribution < 1.29 is 9.90 Å². The normalized spacial score (nSPS) is 10.8. The van der Waals surface area contributed by atoms with Gasteiger partial charge < -0.3 is 15.0 Å². The second-order valence-corrected chi connectivity index (χ2v) is 6.09. The highest BCUT2D eigenvalue weighted by Gasteiger charge is 2.22. The van der Waals surface area contributed by atoms with Crippen molar-refractivity contribution in [1.29, 1.82) is 0 Å². The Balaban J connectivity index is 2.13. The molecule has 1 amide bonds. The highest BCUT2D eigenvalue weighted by molar-refractivity contribution is 6.30. The first-order valence-corrected chi connectivity index (χ1v) is 8.32. The Kier molecular flexibility index (Phi) is 4.76. The number of nitrogens with one attached hydrogen (secondary N) is 1. The van der Waals surface area contributed by atoms with Crippen LogP contribution in [0.1, 0.15) is 23.7 Å². The summed E-state index contributed by atoms with van der Waals surface area (Å²) in [5.74, 6) is -0.958. The molecule has 128 valence electrons. The predicted octanol–water partition coefficient (Wildman–Crippen LogP) is 4.02. The van der Waals surface area contributed by atoms with Gasteiger partial charge in [0.05, 0.1) is 5.52 Å². The third-order valence-electron chi connectivity index (χ3n) is 3.92. The van der Waals surface area contributed by atoms with Gasteiger partial charge in [-0.3, -0.25) is 9.59 Å². The zero-order chi connectivity index (χ0) is 18.0. The topological polar surface area (TPSA) is 71.3 Å². The van der Waals surface area contributed by atoms with Gasteiger partial charge in [-0.25, -0.2) is 0 Å². The summed E-state index contributed by atoms with van der Waals surface area (Å²) in [5, 5.41) is 14.2. The SMILES string of the molecule is CCCn1c(=O)c(C(=O)Nc2ccc(Cl)cc2)c(O)c2ccccc21. The number of benzene rings is 2. The molecule has 0 aliphatic heterocycles. The summed E-state index contributed by atoms with van der Waals surface area (Å²) >= 11 is 5.83. The number of aromatic hydroxyl groups is 1. The molecule has 0 radical (unpaired) electrons. The molecule has 1 heterocycles. The predicted molar refractivity (Wildman–Crippen MR) is 99.6 cm³/mol. The number of nitrogens with zero attached hydrogens (tertiary/aromatic N) is 1. The number of fused-ring (bicyclic) bond motifs is 1. The van der Waals surface area contributed by atoms with E-state index in [4.69, 9.17) is 11.6 Å². The molecule has 5 nitrogen and oxygen atoms in total. The maximum Gasteiger partial charge on any atom is 0.267 e. The van der Waals surface area contributed by atoms with Crippen LogP contribution in [-0.4, -0.2) is 15.6 Å². The van der Waals surface area contributed by atoms with Crippen molar-refractivity contribution in [2.24, 2.45) is 0 Å². The minimum Gasteiger partial charge on any atom is -0.506 e. The van der Waals surface area contributed by atoms with E-state index in [-0.39, 0.29) is 11.3 Å². The summed E-state index contributed by atoms with van der Waals surface area (Å²) in [6.45, 7) is 2.41. The van der Waals surface area contributed by atoms with Gasteiger partial charge in [-0.05, 0) is 42.8 Å². The van der Waals surface area contributed by atoms with Crippen molar-refractivity contribution in [2.45, 2.75) is 19.9 Å². The number of aromatic nitrogens is 1. The third-order valence-corrected chi connectivity index (χ3v) is 4.17. The maximum absolute atomic E-state index is 12.8. The molecule has 0 aliphatic rings. The van der Waals surface area contributed by atoms with E-state index in [1.807, 2.05) is 6.92 Å². The van der Waals surface area contributed by atoms with E-state index in [1.54, 1.807) is 48.5 Å². The molecule has 0 atom stereocenters. The zero-order valence-electron chi connectivity index (χ0n) is 13.6. The standard InChI is InChI=1S/C19H17ClN2O3/c1-2-11-22-15-6-4-3-5-14(15)17(23)16(19(22)25)18(24)21-13-9-7-12(20)8-10-13/h3-10,23H,2,11H2,1H3,(H,21,24). The molecule has 0 unspecified atom stereocenters. The molecule has 0 saturated heterocycles. The van der Waals surface area contributed by atoms with Crippen molar-refractivity contribution in [3.63, 3.8) is 0 Å². The first kappa shape index (κ1) is 17.0. The number of carbonyl (C=O) groups is 1. The summed E-state index contributed by atoms with van der Waals surface area (Å²) in [7, 11) is 0. The lowest BCUT2D eigenvalue weighted by molar-refractivity contribution is 0.102. The maximum atomic E-state index is 12.8. The fourth-order valence-electron chi connectivity index (χ4n) is 2.77. The van der Waals surface area contributed by atoms with Crippen LogP contribution in [-0.2, 0) is 6.54 Å². The number of carbonyl (C=O) groups excluding carboxylic acids is 1. The first-order chi connectivity index (χ1) is 12.0. The van der Waals surface area contributed by atoms with Gasteiger partial charge in [-0.1, -0.05) is 30.7 Å². The summed E-state index contributed by atoms with van der Waals surface area (Å²) in [6, 6.07) is 13.5. The minimum absolute atomic E-state index is 0.262. The Morgan fingerprint density at radius 3 is 2.52 bits per heavy atom. The van der Waals surface area contributed by atoms with Crippen LogP contribution >= 0.6 is 11.6 Å². The van der Waals surface area contributed by atoms with Crippen molar-refractivity contribution >= 4 is 34.1 Å². The Morgan fingerprint density at radius 2 is 1.84 bits per heavy atom. The number of amides is 1. The second kappa shape index (κ2) is 6.99. The highest BCUT2D eigenvalue weighted by atomic mass is 35.5. The number of halogens is 1. The largest absolute Gasteiger partial charge is 0.506 e. The Morgan fingerprint density at radius 1 is 1.16 bits per heavy atom. The fourth-order valence-corrected chi connectivity index (χ4v) is 2.89. The molecule has 0 spiro atoms. The molecule has 25 heavy (non-hydrogen) atoms. The first-order valence-electron chi connectivity index (χ1n) is 7.94. The number of para-hydroxylation sites is 1. The Labute approximate surface area is 149 Å². The van der Waals surface area contributed by atoms with Gasteiger partial charge in [-0.2, -0.15) is 0 Å². The van der Waals surface area contributed by atoms with Crippen molar-refractivity contribution in [3.8, 4) is 5.75 Å². The fraction of sp³-hybridized carbons (Fsp3) is 0.158. The molecule has 0 saturated carbocycles. The molecule has 6 heteroatoms. The van der Waals surface area contributed by atoms with Crippen LogP contribution in [0.2, 0.25) is 5.02 Å². The molecular formula is C19H17ClN2O3. The zero-order valence-corrected chi connectivity index (χ0v) is 14.4. The number of rotatable bonds is 4. The number of pyridine rings is 1. The van der Waals surface area contributed by atoms with Gasteiger partial charge in [0.2, 0.25) is 0 Å². The quantitative estimate of drug-likeness (QED) is 0.741. The summed E-state index contributed by atoms with van der Waals surface area (Å²) in [4.78, 5) is 25.4. The highest BCUT2D eigenvalue weighted by Crippen LogP contribution is 2.27. The van der Waals surface area contributed by atoms with Crippen LogP contribution in [0, 0.1) is 0 Å². The molecule has 0 fully saturated rings. The Bertz CT molecular complexity index is 994. The van der Waals surface area contributed by atoms with Gasteiger partial charge in [-0.15, -0.1) is 0 Å². The molecule has 0 bridgehead atoms. The number of hydrogen-bond acceptors (Lipinski definition) is 3. The average Bonchev–Trinajstić information content (AvgIpc) is 2.61. The van der Waals surface area contributed by atoms with E-state index in [2.05, 4.69) is 5.32 Å². The molecule has 3 rings (SSSR count). The van der Waals surface area contributed by atoms with E-state index in [9.17, 15) is 14.7 Å². The van der Waals surface area contributed by atoms with E-state index in [0.29, 0.717) is 28.2 Å². The number of aryl methyl sites for hydroxylation is 1. The van der Waals surface area contributed by atoms with Crippen LogP contribution in [0.15, 0.2) is 53.3 Å². The van der Waals surface area contributed by atoms with Gasteiger partial charge in [0.25, 0.3) is 11.5 Å². The molecule has 0 aliphatic carbocycles. The monoisotopic (exact) mass is 356 g/mol. The van der Waals surface area contributed by atoms with E-state index in [0.717, 1.165) is 6.42 Å². The molecule has 2 N–H and O–H groups in total. The third kappa shape index (κ3) is 3.23. The minimum atomic E-state index is -0.652. The smallest absolute Gasteiger partial charge is 0.267 e. The van der Waals surface area contributed by atoms with Crippen LogP contribution in [0.3, 0.4) is 0 Å². The van der Waals surface area contributed by atoms with Gasteiger partial charge in [0, 0.05) is 22.6 Å². The van der Waals surface area contributed by atoms with E-state index >= 15 is 0 Å². The summed E-state index contributed by atoms with van der Waals surface area (Å²) in [5.41, 5.74) is 0.324. The number of hydrogen-bond donors (Lipinski definition) is 2. The van der Waals surface area contributed by atoms with Crippen LogP contribution in [0.5, 0.6) is 5.75 Å². The molecule has 3 aromatic rings. The van der Waals surface area contributed by atoms with Crippen LogP contribution in [0.4, 0.5) is 5.69 Å². The molecule has 2 aromatic carbocycles. The summed E-state index contributed by atoms with van der Waals surface area (Å²) < 4.78 is 1.52. The van der Waals surface area contributed by atoms with E-state index in [1.165, 1.54) is 4.57 Å². The van der Waals surface area contributed by atoms with Gasteiger partial charge >= 0.3 is 0 Å². The Hall–Kier alpha value is -2.79. The van der Waals surface area contributed by atoms with Crippen molar-refractivity contribution in [2.75, 3.05) is 5.32 Å². The lowest BCUT2D eigenvalue weighted by Crippen LogP contribution is -2.29. The second-order valence-electron chi connectivity index (χ2n) is 5.66. The average molecular weight is 357 g/mol.